The second-order valence-corrected chi connectivity index (χ2v) is 5.06. The highest BCUT2D eigenvalue weighted by Gasteiger charge is 2.17. The lowest BCUT2D eigenvalue weighted by Gasteiger charge is -2.24. The molecule has 0 aromatic carbocycles. The fraction of sp³-hybridized carbons (Fsp3) is 0.667. The van der Waals surface area contributed by atoms with Crippen LogP contribution in [0.2, 0.25) is 0 Å². The molecular formula is C12H18O2S. The predicted molar refractivity (Wildman–Crippen MR) is 62.2 cm³/mol. The molecule has 3 heteroatoms. The number of ether oxygens (including phenoxy) is 1. The van der Waals surface area contributed by atoms with Gasteiger partial charge in [0.05, 0.1) is 6.10 Å². The van der Waals surface area contributed by atoms with Crippen molar-refractivity contribution in [3.8, 4) is 0 Å². The van der Waals surface area contributed by atoms with Gasteiger partial charge in [-0.15, -0.1) is 0 Å². The third kappa shape index (κ3) is 3.59. The van der Waals surface area contributed by atoms with Crippen LogP contribution < -0.4 is 0 Å². The molecule has 0 saturated carbocycles. The van der Waals surface area contributed by atoms with Crippen LogP contribution in [-0.4, -0.2) is 24.4 Å². The Morgan fingerprint density at radius 2 is 2.27 bits per heavy atom. The Hall–Kier alpha value is -0.380. The van der Waals surface area contributed by atoms with E-state index >= 15 is 0 Å². The maximum absolute atomic E-state index is 9.94. The molecule has 1 aromatic rings. The number of hydrogen-bond donors (Lipinski definition) is 1. The zero-order valence-corrected chi connectivity index (χ0v) is 9.71. The monoisotopic (exact) mass is 226 g/mol. The van der Waals surface area contributed by atoms with Gasteiger partial charge in [-0.3, -0.25) is 0 Å². The van der Waals surface area contributed by atoms with Gasteiger partial charge in [0.25, 0.3) is 0 Å². The van der Waals surface area contributed by atoms with E-state index in [0.717, 1.165) is 38.9 Å². The Kier molecular flexibility index (Phi) is 4.18. The van der Waals surface area contributed by atoms with E-state index in [1.807, 2.05) is 0 Å². The first-order valence-corrected chi connectivity index (χ1v) is 6.56. The van der Waals surface area contributed by atoms with E-state index in [1.165, 1.54) is 5.56 Å². The molecular weight excluding hydrogens is 208 g/mol. The van der Waals surface area contributed by atoms with Crippen molar-refractivity contribution in [2.75, 3.05) is 13.2 Å². The molecule has 1 saturated heterocycles. The minimum absolute atomic E-state index is 0.178. The molecule has 1 atom stereocenters. The summed E-state index contributed by atoms with van der Waals surface area (Å²) in [5, 5.41) is 14.1. The highest BCUT2D eigenvalue weighted by molar-refractivity contribution is 7.07. The fourth-order valence-corrected chi connectivity index (χ4v) is 2.81. The summed E-state index contributed by atoms with van der Waals surface area (Å²) in [6.07, 6.45) is 3.78. The van der Waals surface area contributed by atoms with E-state index in [4.69, 9.17) is 4.74 Å². The third-order valence-corrected chi connectivity index (χ3v) is 3.73. The molecule has 2 nitrogen and oxygen atoms in total. The molecule has 84 valence electrons. The highest BCUT2D eigenvalue weighted by atomic mass is 32.1. The van der Waals surface area contributed by atoms with Crippen molar-refractivity contribution in [3.63, 3.8) is 0 Å². The van der Waals surface area contributed by atoms with E-state index in [1.54, 1.807) is 11.3 Å². The average Bonchev–Trinajstić information content (AvgIpc) is 2.71. The second-order valence-electron chi connectivity index (χ2n) is 4.28. The van der Waals surface area contributed by atoms with Gasteiger partial charge in [0.15, 0.2) is 0 Å². The quantitative estimate of drug-likeness (QED) is 0.854. The van der Waals surface area contributed by atoms with E-state index in [9.17, 15) is 5.11 Å². The Balaban J connectivity index is 1.74. The van der Waals surface area contributed by atoms with Crippen molar-refractivity contribution in [2.45, 2.75) is 31.8 Å². The van der Waals surface area contributed by atoms with Crippen molar-refractivity contribution in [2.24, 2.45) is 5.92 Å². The topological polar surface area (TPSA) is 29.5 Å². The van der Waals surface area contributed by atoms with Gasteiger partial charge in [0.2, 0.25) is 0 Å². The summed E-state index contributed by atoms with van der Waals surface area (Å²) in [6, 6.07) is 2.10. The summed E-state index contributed by atoms with van der Waals surface area (Å²) >= 11 is 1.70. The van der Waals surface area contributed by atoms with Crippen molar-refractivity contribution in [3.05, 3.63) is 22.4 Å². The Labute approximate surface area is 94.9 Å². The van der Waals surface area contributed by atoms with E-state index in [0.29, 0.717) is 5.92 Å². The molecule has 0 spiro atoms. The van der Waals surface area contributed by atoms with Crippen LogP contribution in [0, 0.1) is 5.92 Å². The van der Waals surface area contributed by atoms with Crippen LogP contribution in [0.3, 0.4) is 0 Å². The van der Waals surface area contributed by atoms with Crippen molar-refractivity contribution >= 4 is 11.3 Å². The normalized spacial score (nSPS) is 20.3. The molecule has 1 unspecified atom stereocenters. The van der Waals surface area contributed by atoms with Crippen LogP contribution in [0.15, 0.2) is 16.8 Å². The number of aliphatic hydroxyl groups excluding tert-OH is 1. The van der Waals surface area contributed by atoms with Crippen LogP contribution in [0.25, 0.3) is 0 Å². The van der Waals surface area contributed by atoms with Crippen LogP contribution in [0.1, 0.15) is 24.8 Å². The smallest absolute Gasteiger partial charge is 0.0583 e. The summed E-state index contributed by atoms with van der Waals surface area (Å²) in [4.78, 5) is 0. The first-order valence-electron chi connectivity index (χ1n) is 5.61. The highest BCUT2D eigenvalue weighted by Crippen LogP contribution is 2.22. The molecule has 0 bridgehead atoms. The summed E-state index contributed by atoms with van der Waals surface area (Å²) in [5.41, 5.74) is 1.26. The summed E-state index contributed by atoms with van der Waals surface area (Å²) in [7, 11) is 0. The molecule has 1 aliphatic heterocycles. The molecule has 1 aliphatic rings. The van der Waals surface area contributed by atoms with Gasteiger partial charge in [0.1, 0.15) is 0 Å². The lowest BCUT2D eigenvalue weighted by molar-refractivity contribution is 0.0439. The number of rotatable bonds is 4. The lowest BCUT2D eigenvalue weighted by atomic mass is 9.92. The zero-order valence-electron chi connectivity index (χ0n) is 8.89. The van der Waals surface area contributed by atoms with Gasteiger partial charge in [-0.05, 0) is 54.0 Å². The van der Waals surface area contributed by atoms with Gasteiger partial charge in [-0.1, -0.05) is 0 Å². The summed E-state index contributed by atoms with van der Waals surface area (Å²) < 4.78 is 5.31. The summed E-state index contributed by atoms with van der Waals surface area (Å²) in [5.74, 6) is 0.660. The van der Waals surface area contributed by atoms with Gasteiger partial charge in [0, 0.05) is 13.2 Å². The van der Waals surface area contributed by atoms with Gasteiger partial charge >= 0.3 is 0 Å². The van der Waals surface area contributed by atoms with Gasteiger partial charge in [-0.25, -0.2) is 0 Å². The van der Waals surface area contributed by atoms with E-state index in [2.05, 4.69) is 16.8 Å². The lowest BCUT2D eigenvalue weighted by Crippen LogP contribution is -2.22. The first-order chi connectivity index (χ1) is 7.34. The van der Waals surface area contributed by atoms with Crippen LogP contribution >= 0.6 is 11.3 Å². The van der Waals surface area contributed by atoms with E-state index in [-0.39, 0.29) is 6.10 Å². The Morgan fingerprint density at radius 3 is 2.93 bits per heavy atom. The third-order valence-electron chi connectivity index (χ3n) is 3.00. The van der Waals surface area contributed by atoms with Crippen LogP contribution in [0.5, 0.6) is 0 Å². The van der Waals surface area contributed by atoms with Gasteiger partial charge < -0.3 is 9.84 Å². The van der Waals surface area contributed by atoms with Crippen LogP contribution in [-0.2, 0) is 11.2 Å². The molecule has 0 radical (unpaired) electrons. The molecule has 2 heterocycles. The average molecular weight is 226 g/mol. The largest absolute Gasteiger partial charge is 0.393 e. The Bertz CT molecular complexity index is 265. The molecule has 1 N–H and O–H groups in total. The van der Waals surface area contributed by atoms with Crippen molar-refractivity contribution < 1.29 is 9.84 Å². The minimum Gasteiger partial charge on any atom is -0.393 e. The SMILES string of the molecule is OC(Cc1ccsc1)CC1CCOCC1. The second kappa shape index (κ2) is 5.64. The maximum Gasteiger partial charge on any atom is 0.0583 e. The predicted octanol–water partition coefficient (Wildman–Crippen LogP) is 2.47. The van der Waals surface area contributed by atoms with Crippen molar-refractivity contribution in [1.82, 2.24) is 0 Å². The maximum atomic E-state index is 9.94. The molecule has 0 aliphatic carbocycles. The van der Waals surface area contributed by atoms with Crippen molar-refractivity contribution in [1.29, 1.82) is 0 Å². The molecule has 1 aromatic heterocycles. The zero-order chi connectivity index (χ0) is 10.5. The Morgan fingerprint density at radius 1 is 1.47 bits per heavy atom. The molecule has 1 fully saturated rings. The number of thiophene rings is 1. The van der Waals surface area contributed by atoms with Crippen LogP contribution in [0.4, 0.5) is 0 Å². The first kappa shape index (κ1) is 11.1. The minimum atomic E-state index is -0.178. The standard InChI is InChI=1S/C12H18O2S/c13-12(8-11-3-6-15-9-11)7-10-1-4-14-5-2-10/h3,6,9-10,12-13H,1-2,4-5,7-8H2. The van der Waals surface area contributed by atoms with E-state index < -0.39 is 0 Å². The molecule has 2 rings (SSSR count). The fourth-order valence-electron chi connectivity index (χ4n) is 2.13. The number of aliphatic hydroxyl groups is 1. The van der Waals surface area contributed by atoms with Gasteiger partial charge in [-0.2, -0.15) is 11.3 Å². The molecule has 0 amide bonds. The summed E-state index contributed by atoms with van der Waals surface area (Å²) in [6.45, 7) is 1.74. The molecule has 15 heavy (non-hydrogen) atoms. The number of hydrogen-bond acceptors (Lipinski definition) is 3.